The summed E-state index contributed by atoms with van der Waals surface area (Å²) in [6.45, 7) is 6.53. The smallest absolute Gasteiger partial charge is 0.234 e. The highest BCUT2D eigenvalue weighted by Gasteiger charge is 2.32. The van der Waals surface area contributed by atoms with Crippen LogP contribution in [-0.4, -0.2) is 43.0 Å². The number of nitrogens with two attached hydrogens (primary N) is 1. The lowest BCUT2D eigenvalue weighted by molar-refractivity contribution is -0.120. The first kappa shape index (κ1) is 22.2. The van der Waals surface area contributed by atoms with Crippen molar-refractivity contribution in [3.8, 4) is 5.75 Å². The highest BCUT2D eigenvalue weighted by atomic mass is 32.2. The molecule has 34 heavy (non-hydrogen) atoms. The molecule has 0 saturated heterocycles. The van der Waals surface area contributed by atoms with Crippen LogP contribution >= 0.6 is 11.8 Å². The summed E-state index contributed by atoms with van der Waals surface area (Å²) in [5.41, 5.74) is 10.2. The molecule has 1 atom stereocenters. The summed E-state index contributed by atoms with van der Waals surface area (Å²) in [6.07, 6.45) is 2.25. The van der Waals surface area contributed by atoms with Gasteiger partial charge in [0.2, 0.25) is 11.9 Å². The van der Waals surface area contributed by atoms with E-state index in [0.29, 0.717) is 35.9 Å². The molecule has 5 rings (SSSR count). The van der Waals surface area contributed by atoms with Gasteiger partial charge < -0.3 is 20.2 Å². The highest BCUT2D eigenvalue weighted by Crippen LogP contribution is 2.38. The van der Waals surface area contributed by atoms with Crippen LogP contribution in [0, 0.1) is 20.8 Å². The molecule has 1 aliphatic rings. The standard InChI is InChI=1S/C23H25N7O3S/c1-11-8-25-16(13(3)19(11)32-4)10-30-20-18-15(29-30)7-17(34-22(18)28-23(24)27-20)21(31)26-9-14-6-5-12(2)33-14/h5-6,8,17H,7,9-10H2,1-4H3,(H,26,31)(H2,24,27,28). The van der Waals surface area contributed by atoms with E-state index in [1.165, 1.54) is 11.8 Å². The molecule has 10 nitrogen and oxygen atoms in total. The largest absolute Gasteiger partial charge is 0.496 e. The van der Waals surface area contributed by atoms with Crippen molar-refractivity contribution in [2.45, 2.75) is 50.6 Å². The summed E-state index contributed by atoms with van der Waals surface area (Å²) >= 11 is 1.38. The SMILES string of the molecule is COc1c(C)cnc(Cn2nc3c4c(nc(N)nc42)SC(C(=O)NCc2ccc(C)o2)C3)c1C. The molecule has 4 aromatic rings. The Morgan fingerprint density at radius 1 is 1.32 bits per heavy atom. The Hall–Kier alpha value is -3.60. The Labute approximate surface area is 200 Å². The zero-order valence-corrected chi connectivity index (χ0v) is 20.2. The molecule has 1 unspecified atom stereocenters. The third kappa shape index (κ3) is 3.96. The molecule has 0 aromatic carbocycles. The number of hydrogen-bond donors (Lipinski definition) is 2. The van der Waals surface area contributed by atoms with Crippen LogP contribution in [0.3, 0.4) is 0 Å². The number of carbonyl (C=O) groups is 1. The maximum absolute atomic E-state index is 12.9. The number of anilines is 1. The van der Waals surface area contributed by atoms with Crippen molar-refractivity contribution in [3.63, 3.8) is 0 Å². The lowest BCUT2D eigenvalue weighted by Gasteiger charge is -2.19. The number of thioether (sulfide) groups is 1. The van der Waals surface area contributed by atoms with Crippen molar-refractivity contribution in [3.05, 3.63) is 52.4 Å². The minimum atomic E-state index is -0.385. The number of furan rings is 1. The van der Waals surface area contributed by atoms with Gasteiger partial charge in [-0.25, -0.2) is 9.67 Å². The normalized spacial score (nSPS) is 15.0. The number of amides is 1. The van der Waals surface area contributed by atoms with Crippen LogP contribution in [0.15, 0.2) is 27.8 Å². The number of hydrogen-bond acceptors (Lipinski definition) is 9. The van der Waals surface area contributed by atoms with Gasteiger partial charge >= 0.3 is 0 Å². The van der Waals surface area contributed by atoms with Crippen LogP contribution in [0.5, 0.6) is 5.75 Å². The highest BCUT2D eigenvalue weighted by molar-refractivity contribution is 8.00. The number of carbonyl (C=O) groups excluding carboxylic acids is 1. The van der Waals surface area contributed by atoms with Crippen molar-refractivity contribution in [2.75, 3.05) is 12.8 Å². The average Bonchev–Trinajstić information content (AvgIpc) is 3.37. The van der Waals surface area contributed by atoms with Crippen molar-refractivity contribution in [2.24, 2.45) is 0 Å². The van der Waals surface area contributed by atoms with E-state index in [2.05, 4.69) is 20.3 Å². The lowest BCUT2D eigenvalue weighted by Crippen LogP contribution is -2.34. The van der Waals surface area contributed by atoms with Gasteiger partial charge in [-0.1, -0.05) is 11.8 Å². The predicted octanol–water partition coefficient (Wildman–Crippen LogP) is 2.71. The summed E-state index contributed by atoms with van der Waals surface area (Å²) in [6, 6.07) is 3.73. The van der Waals surface area contributed by atoms with E-state index >= 15 is 0 Å². The van der Waals surface area contributed by atoms with Gasteiger partial charge in [0, 0.05) is 23.7 Å². The van der Waals surface area contributed by atoms with E-state index in [4.69, 9.17) is 20.0 Å². The number of aryl methyl sites for hydroxylation is 2. The first-order chi connectivity index (χ1) is 16.3. The van der Waals surface area contributed by atoms with E-state index in [1.807, 2.05) is 32.9 Å². The molecular formula is C23H25N7O3S. The van der Waals surface area contributed by atoms with E-state index < -0.39 is 0 Å². The number of nitrogens with one attached hydrogen (secondary N) is 1. The van der Waals surface area contributed by atoms with Crippen LogP contribution in [0.4, 0.5) is 5.95 Å². The summed E-state index contributed by atoms with van der Waals surface area (Å²) in [5, 5.41) is 8.85. The van der Waals surface area contributed by atoms with Gasteiger partial charge in [0.1, 0.15) is 22.3 Å². The van der Waals surface area contributed by atoms with Gasteiger partial charge in [-0.2, -0.15) is 10.1 Å². The molecule has 0 saturated carbocycles. The fourth-order valence-electron chi connectivity index (χ4n) is 4.20. The third-order valence-electron chi connectivity index (χ3n) is 5.86. The van der Waals surface area contributed by atoms with Gasteiger partial charge in [-0.15, -0.1) is 0 Å². The molecule has 0 aliphatic carbocycles. The molecule has 0 bridgehead atoms. The first-order valence-electron chi connectivity index (χ1n) is 10.9. The van der Waals surface area contributed by atoms with Crippen molar-refractivity contribution < 1.29 is 13.9 Å². The molecule has 11 heteroatoms. The van der Waals surface area contributed by atoms with Gasteiger partial charge in [0.25, 0.3) is 0 Å². The molecule has 1 aliphatic heterocycles. The molecule has 4 aromatic heterocycles. The van der Waals surface area contributed by atoms with E-state index in [1.54, 1.807) is 18.0 Å². The number of rotatable bonds is 6. The second kappa shape index (κ2) is 8.64. The fourth-order valence-corrected chi connectivity index (χ4v) is 5.38. The summed E-state index contributed by atoms with van der Waals surface area (Å²) in [4.78, 5) is 26.4. The zero-order chi connectivity index (χ0) is 24.0. The number of ether oxygens (including phenoxy) is 1. The molecule has 0 spiro atoms. The van der Waals surface area contributed by atoms with Crippen molar-refractivity contribution in [1.82, 2.24) is 30.0 Å². The van der Waals surface area contributed by atoms with E-state index in [9.17, 15) is 4.79 Å². The second-order valence-corrected chi connectivity index (χ2v) is 9.47. The number of aromatic nitrogens is 5. The molecule has 3 N–H and O–H groups in total. The number of pyridine rings is 1. The Morgan fingerprint density at radius 2 is 2.15 bits per heavy atom. The Kier molecular flexibility index (Phi) is 5.64. The van der Waals surface area contributed by atoms with Crippen LogP contribution < -0.4 is 15.8 Å². The zero-order valence-electron chi connectivity index (χ0n) is 19.4. The Morgan fingerprint density at radius 3 is 2.88 bits per heavy atom. The summed E-state index contributed by atoms with van der Waals surface area (Å²) < 4.78 is 12.9. The third-order valence-corrected chi connectivity index (χ3v) is 7.04. The quantitative estimate of drug-likeness (QED) is 0.400. The van der Waals surface area contributed by atoms with E-state index in [-0.39, 0.29) is 17.1 Å². The summed E-state index contributed by atoms with van der Waals surface area (Å²) in [7, 11) is 1.65. The van der Waals surface area contributed by atoms with Crippen LogP contribution in [0.2, 0.25) is 0 Å². The fraction of sp³-hybridized carbons (Fsp3) is 0.348. The number of nitrogens with zero attached hydrogens (tertiary/aromatic N) is 5. The summed E-state index contributed by atoms with van der Waals surface area (Å²) in [5.74, 6) is 2.36. The maximum Gasteiger partial charge on any atom is 0.234 e. The molecule has 176 valence electrons. The minimum absolute atomic E-state index is 0.106. The average molecular weight is 480 g/mol. The molecule has 0 radical (unpaired) electrons. The van der Waals surface area contributed by atoms with Crippen LogP contribution in [-0.2, 0) is 24.3 Å². The van der Waals surface area contributed by atoms with Gasteiger partial charge in [0.15, 0.2) is 5.65 Å². The maximum atomic E-state index is 12.9. The van der Waals surface area contributed by atoms with Crippen LogP contribution in [0.25, 0.3) is 11.0 Å². The first-order valence-corrected chi connectivity index (χ1v) is 11.7. The second-order valence-electron chi connectivity index (χ2n) is 8.28. The van der Waals surface area contributed by atoms with Gasteiger partial charge in [-0.05, 0) is 32.9 Å². The van der Waals surface area contributed by atoms with Gasteiger partial charge in [0.05, 0.1) is 42.2 Å². The molecule has 5 heterocycles. The molecular weight excluding hydrogens is 454 g/mol. The molecule has 0 fully saturated rings. The monoisotopic (exact) mass is 479 g/mol. The number of nitrogen functional groups attached to an aromatic ring is 1. The van der Waals surface area contributed by atoms with Crippen molar-refractivity contribution >= 4 is 34.7 Å². The van der Waals surface area contributed by atoms with Crippen LogP contribution in [0.1, 0.15) is 34.0 Å². The lowest BCUT2D eigenvalue weighted by atomic mass is 10.1. The minimum Gasteiger partial charge on any atom is -0.496 e. The molecule has 1 amide bonds. The van der Waals surface area contributed by atoms with E-state index in [0.717, 1.165) is 39.4 Å². The topological polar surface area (TPSA) is 134 Å². The Balaban J connectivity index is 1.43. The predicted molar refractivity (Wildman–Crippen MR) is 128 cm³/mol. The van der Waals surface area contributed by atoms with Crippen molar-refractivity contribution in [1.29, 1.82) is 0 Å². The Bertz CT molecular complexity index is 1410. The van der Waals surface area contributed by atoms with Gasteiger partial charge in [-0.3, -0.25) is 9.78 Å². The number of methoxy groups -OCH3 is 1.